The first-order valence-electron chi connectivity index (χ1n) is 6.05. The number of carbonyl (C=O) groups excluding carboxylic acids is 1. The fourth-order valence-electron chi connectivity index (χ4n) is 1.46. The van der Waals surface area contributed by atoms with E-state index in [1.807, 2.05) is 33.0 Å². The van der Waals surface area contributed by atoms with Crippen LogP contribution >= 0.6 is 0 Å². The predicted molar refractivity (Wildman–Crippen MR) is 68.6 cm³/mol. The number of aromatic nitrogens is 1. The summed E-state index contributed by atoms with van der Waals surface area (Å²) in [5, 5.41) is 6.08. The molecule has 1 aromatic rings. The van der Waals surface area contributed by atoms with Gasteiger partial charge in [-0.2, -0.15) is 0 Å². The third-order valence-electron chi connectivity index (χ3n) is 2.68. The van der Waals surface area contributed by atoms with Crippen molar-refractivity contribution in [3.8, 4) is 0 Å². The van der Waals surface area contributed by atoms with Crippen LogP contribution in [0.3, 0.4) is 0 Å². The number of carbonyl (C=O) groups is 1. The van der Waals surface area contributed by atoms with Gasteiger partial charge in [0, 0.05) is 25.5 Å². The van der Waals surface area contributed by atoms with Crippen molar-refractivity contribution in [2.24, 2.45) is 0 Å². The number of amides is 1. The minimum atomic E-state index is -0.172. The lowest BCUT2D eigenvalue weighted by Crippen LogP contribution is -2.42. The van der Waals surface area contributed by atoms with Crippen LogP contribution in [0.4, 0.5) is 0 Å². The first-order valence-corrected chi connectivity index (χ1v) is 6.05. The summed E-state index contributed by atoms with van der Waals surface area (Å²) in [4.78, 5) is 15.7. The van der Waals surface area contributed by atoms with Crippen LogP contribution in [0.15, 0.2) is 18.5 Å². The fourth-order valence-corrected chi connectivity index (χ4v) is 1.46. The van der Waals surface area contributed by atoms with Gasteiger partial charge in [-0.05, 0) is 37.5 Å². The standard InChI is InChI=1S/C13H21N3O/c1-4-6-15-13(17)11(3)16-9-12-5-7-14-8-10(12)2/h5,7-8,11,16H,4,6,9H2,1-3H3,(H,15,17). The summed E-state index contributed by atoms with van der Waals surface area (Å²) < 4.78 is 0. The minimum absolute atomic E-state index is 0.0542. The van der Waals surface area contributed by atoms with Crippen molar-refractivity contribution in [3.63, 3.8) is 0 Å². The second-order valence-electron chi connectivity index (χ2n) is 4.20. The van der Waals surface area contributed by atoms with E-state index < -0.39 is 0 Å². The molecule has 94 valence electrons. The number of hydrogen-bond donors (Lipinski definition) is 2. The molecule has 2 N–H and O–H groups in total. The SMILES string of the molecule is CCCNC(=O)C(C)NCc1ccncc1C. The van der Waals surface area contributed by atoms with E-state index in [2.05, 4.69) is 15.6 Å². The molecule has 0 saturated carbocycles. The number of pyridine rings is 1. The molecular formula is C13H21N3O. The molecule has 0 fully saturated rings. The molecular weight excluding hydrogens is 214 g/mol. The van der Waals surface area contributed by atoms with E-state index in [9.17, 15) is 4.79 Å². The molecule has 1 unspecified atom stereocenters. The Morgan fingerprint density at radius 3 is 2.94 bits per heavy atom. The molecule has 4 heteroatoms. The van der Waals surface area contributed by atoms with Gasteiger partial charge in [0.1, 0.15) is 0 Å². The predicted octanol–water partition coefficient (Wildman–Crippen LogP) is 1.39. The Kier molecular flexibility index (Phi) is 5.63. The topological polar surface area (TPSA) is 54.0 Å². The van der Waals surface area contributed by atoms with Gasteiger partial charge in [-0.15, -0.1) is 0 Å². The third kappa shape index (κ3) is 4.53. The Morgan fingerprint density at radius 2 is 2.29 bits per heavy atom. The second-order valence-corrected chi connectivity index (χ2v) is 4.20. The molecule has 17 heavy (non-hydrogen) atoms. The van der Waals surface area contributed by atoms with Crippen LogP contribution in [0.1, 0.15) is 31.4 Å². The van der Waals surface area contributed by atoms with Crippen molar-refractivity contribution in [1.29, 1.82) is 0 Å². The Bertz CT molecular complexity index is 365. The van der Waals surface area contributed by atoms with Crippen molar-refractivity contribution in [2.75, 3.05) is 6.54 Å². The molecule has 0 bridgehead atoms. The molecule has 1 rings (SSSR count). The summed E-state index contributed by atoms with van der Waals surface area (Å²) in [7, 11) is 0. The quantitative estimate of drug-likeness (QED) is 0.783. The van der Waals surface area contributed by atoms with Gasteiger partial charge >= 0.3 is 0 Å². The minimum Gasteiger partial charge on any atom is -0.355 e. The van der Waals surface area contributed by atoms with E-state index in [0.717, 1.165) is 18.5 Å². The normalized spacial score (nSPS) is 12.2. The maximum Gasteiger partial charge on any atom is 0.236 e. The zero-order chi connectivity index (χ0) is 12.7. The van der Waals surface area contributed by atoms with Gasteiger partial charge in [0.25, 0.3) is 0 Å². The van der Waals surface area contributed by atoms with Gasteiger partial charge in [-0.3, -0.25) is 9.78 Å². The van der Waals surface area contributed by atoms with Gasteiger partial charge in [-0.25, -0.2) is 0 Å². The van der Waals surface area contributed by atoms with E-state index >= 15 is 0 Å². The largest absolute Gasteiger partial charge is 0.355 e. The van der Waals surface area contributed by atoms with Crippen molar-refractivity contribution >= 4 is 5.91 Å². The van der Waals surface area contributed by atoms with Crippen LogP contribution in [0.2, 0.25) is 0 Å². The van der Waals surface area contributed by atoms with E-state index in [1.165, 1.54) is 5.56 Å². The average Bonchev–Trinajstić information content (AvgIpc) is 2.34. The van der Waals surface area contributed by atoms with Gasteiger partial charge in [0.05, 0.1) is 6.04 Å². The lowest BCUT2D eigenvalue weighted by Gasteiger charge is -2.14. The Labute approximate surface area is 103 Å². The fraction of sp³-hybridized carbons (Fsp3) is 0.538. The van der Waals surface area contributed by atoms with E-state index in [-0.39, 0.29) is 11.9 Å². The third-order valence-corrected chi connectivity index (χ3v) is 2.68. The van der Waals surface area contributed by atoms with Gasteiger partial charge < -0.3 is 10.6 Å². The highest BCUT2D eigenvalue weighted by Gasteiger charge is 2.11. The van der Waals surface area contributed by atoms with Gasteiger partial charge in [0.15, 0.2) is 0 Å². The molecule has 1 heterocycles. The second kappa shape index (κ2) is 7.01. The van der Waals surface area contributed by atoms with Crippen LogP contribution in [0.25, 0.3) is 0 Å². The maximum absolute atomic E-state index is 11.6. The van der Waals surface area contributed by atoms with Crippen LogP contribution in [-0.2, 0) is 11.3 Å². The number of aryl methyl sites for hydroxylation is 1. The van der Waals surface area contributed by atoms with Crippen molar-refractivity contribution in [1.82, 2.24) is 15.6 Å². The summed E-state index contributed by atoms with van der Waals surface area (Å²) in [6.45, 7) is 7.36. The van der Waals surface area contributed by atoms with Crippen LogP contribution in [0.5, 0.6) is 0 Å². The van der Waals surface area contributed by atoms with E-state index in [1.54, 1.807) is 6.20 Å². The molecule has 0 aliphatic rings. The number of rotatable bonds is 6. The summed E-state index contributed by atoms with van der Waals surface area (Å²) >= 11 is 0. The zero-order valence-electron chi connectivity index (χ0n) is 10.8. The first-order chi connectivity index (χ1) is 8.15. The number of nitrogens with zero attached hydrogens (tertiary/aromatic N) is 1. The number of nitrogens with one attached hydrogen (secondary N) is 2. The lowest BCUT2D eigenvalue weighted by molar-refractivity contribution is -0.122. The zero-order valence-corrected chi connectivity index (χ0v) is 10.8. The molecule has 1 amide bonds. The molecule has 0 aliphatic carbocycles. The Balaban J connectivity index is 2.40. The average molecular weight is 235 g/mol. The lowest BCUT2D eigenvalue weighted by atomic mass is 10.1. The Hall–Kier alpha value is -1.42. The summed E-state index contributed by atoms with van der Waals surface area (Å²) in [6.07, 6.45) is 4.56. The molecule has 1 atom stereocenters. The van der Waals surface area contributed by atoms with Crippen LogP contribution in [-0.4, -0.2) is 23.5 Å². The molecule has 0 radical (unpaired) electrons. The van der Waals surface area contributed by atoms with E-state index in [0.29, 0.717) is 6.54 Å². The van der Waals surface area contributed by atoms with E-state index in [4.69, 9.17) is 0 Å². The molecule has 0 spiro atoms. The molecule has 1 aromatic heterocycles. The Morgan fingerprint density at radius 1 is 1.53 bits per heavy atom. The number of hydrogen-bond acceptors (Lipinski definition) is 3. The van der Waals surface area contributed by atoms with Crippen molar-refractivity contribution in [3.05, 3.63) is 29.6 Å². The van der Waals surface area contributed by atoms with Gasteiger partial charge in [-0.1, -0.05) is 6.92 Å². The van der Waals surface area contributed by atoms with Gasteiger partial charge in [0.2, 0.25) is 5.91 Å². The monoisotopic (exact) mass is 235 g/mol. The summed E-state index contributed by atoms with van der Waals surface area (Å²) in [5.74, 6) is 0.0542. The highest BCUT2D eigenvalue weighted by molar-refractivity contribution is 5.81. The highest BCUT2D eigenvalue weighted by atomic mass is 16.2. The summed E-state index contributed by atoms with van der Waals surface area (Å²) in [6, 6.07) is 1.80. The molecule has 0 saturated heterocycles. The van der Waals surface area contributed by atoms with Crippen LogP contribution < -0.4 is 10.6 Å². The van der Waals surface area contributed by atoms with Crippen LogP contribution in [0, 0.1) is 6.92 Å². The molecule has 4 nitrogen and oxygen atoms in total. The van der Waals surface area contributed by atoms with Crippen molar-refractivity contribution < 1.29 is 4.79 Å². The summed E-state index contributed by atoms with van der Waals surface area (Å²) in [5.41, 5.74) is 2.32. The maximum atomic E-state index is 11.6. The smallest absolute Gasteiger partial charge is 0.236 e. The molecule has 0 aliphatic heterocycles. The first kappa shape index (κ1) is 13.6. The van der Waals surface area contributed by atoms with Crippen molar-refractivity contribution in [2.45, 2.75) is 39.8 Å². The highest BCUT2D eigenvalue weighted by Crippen LogP contribution is 2.04. The molecule has 0 aromatic carbocycles.